The number of H-pyrrole nitrogens is 1. The molecule has 1 fully saturated rings. The lowest BCUT2D eigenvalue weighted by atomic mass is 9.96. The molecule has 0 spiro atoms. The minimum atomic E-state index is -0.346. The Hall–Kier alpha value is -2.78. The first kappa shape index (κ1) is 20.5. The second-order valence-corrected chi connectivity index (χ2v) is 8.12. The van der Waals surface area contributed by atoms with Gasteiger partial charge in [0.2, 0.25) is 11.9 Å². The minimum absolute atomic E-state index is 0.0308. The number of nitrogens with zero attached hydrogens (tertiary/aromatic N) is 2. The lowest BCUT2D eigenvalue weighted by molar-refractivity contribution is -0.125. The van der Waals surface area contributed by atoms with Gasteiger partial charge in [0.15, 0.2) is 0 Å². The maximum atomic E-state index is 14.3. The van der Waals surface area contributed by atoms with Gasteiger partial charge in [-0.15, -0.1) is 11.3 Å². The van der Waals surface area contributed by atoms with E-state index in [4.69, 9.17) is 4.74 Å². The number of fused-ring (bicyclic) bond motifs is 1. The van der Waals surface area contributed by atoms with E-state index in [0.29, 0.717) is 66.4 Å². The third-order valence-corrected chi connectivity index (χ3v) is 6.32. The molecule has 1 aromatic carbocycles. The standard InChI is InChI=1S/C21H23FN4O3S/c1-29-11-8-23-19(27)13-6-9-26(10-7-13)21-24-17-15(12-30-18(17)20(28)25-21)14-4-2-3-5-16(14)22/h2-5,12-13H,6-11H2,1H3,(H,23,27)(H,24,25,28). The lowest BCUT2D eigenvalue weighted by Crippen LogP contribution is -2.42. The summed E-state index contributed by atoms with van der Waals surface area (Å²) >= 11 is 1.26. The number of hydrogen-bond acceptors (Lipinski definition) is 6. The predicted molar refractivity (Wildman–Crippen MR) is 115 cm³/mol. The van der Waals surface area contributed by atoms with Crippen LogP contribution in [0.1, 0.15) is 12.8 Å². The number of amides is 1. The number of methoxy groups -OCH3 is 1. The molecule has 0 saturated carbocycles. The first-order chi connectivity index (χ1) is 14.6. The van der Waals surface area contributed by atoms with Gasteiger partial charge in [-0.2, -0.15) is 0 Å². The van der Waals surface area contributed by atoms with Crippen LogP contribution in [0.5, 0.6) is 0 Å². The number of ether oxygens (including phenoxy) is 1. The molecule has 9 heteroatoms. The van der Waals surface area contributed by atoms with Gasteiger partial charge in [0, 0.05) is 49.2 Å². The topological polar surface area (TPSA) is 87.3 Å². The van der Waals surface area contributed by atoms with Crippen molar-refractivity contribution in [3.63, 3.8) is 0 Å². The number of benzene rings is 1. The number of halogens is 1. The summed E-state index contributed by atoms with van der Waals surface area (Å²) in [5, 5.41) is 4.65. The molecule has 7 nitrogen and oxygen atoms in total. The zero-order valence-corrected chi connectivity index (χ0v) is 17.4. The third kappa shape index (κ3) is 4.08. The van der Waals surface area contributed by atoms with E-state index in [2.05, 4.69) is 15.3 Å². The van der Waals surface area contributed by atoms with Gasteiger partial charge in [-0.05, 0) is 18.9 Å². The molecule has 0 unspecified atom stereocenters. The van der Waals surface area contributed by atoms with Crippen LogP contribution in [0.25, 0.3) is 21.3 Å². The first-order valence-corrected chi connectivity index (χ1v) is 10.7. The van der Waals surface area contributed by atoms with Crippen LogP contribution in [-0.2, 0) is 9.53 Å². The highest BCUT2D eigenvalue weighted by Crippen LogP contribution is 2.33. The Labute approximate surface area is 176 Å². The van der Waals surface area contributed by atoms with Crippen molar-refractivity contribution in [3.05, 3.63) is 45.8 Å². The van der Waals surface area contributed by atoms with Gasteiger partial charge in [0.25, 0.3) is 5.56 Å². The van der Waals surface area contributed by atoms with Gasteiger partial charge in [0.05, 0.1) is 12.1 Å². The van der Waals surface area contributed by atoms with Gasteiger partial charge < -0.3 is 15.0 Å². The van der Waals surface area contributed by atoms with Crippen molar-refractivity contribution < 1.29 is 13.9 Å². The van der Waals surface area contributed by atoms with Crippen LogP contribution in [0.4, 0.5) is 10.3 Å². The van der Waals surface area contributed by atoms with E-state index < -0.39 is 0 Å². The number of rotatable bonds is 6. The molecule has 0 radical (unpaired) electrons. The Kier molecular flexibility index (Phi) is 6.10. The molecule has 30 heavy (non-hydrogen) atoms. The van der Waals surface area contributed by atoms with E-state index in [-0.39, 0.29) is 23.2 Å². The van der Waals surface area contributed by atoms with Gasteiger partial charge in [-0.25, -0.2) is 9.37 Å². The molecule has 2 N–H and O–H groups in total. The molecular formula is C21H23FN4O3S. The summed E-state index contributed by atoms with van der Waals surface area (Å²) < 4.78 is 19.7. The molecule has 3 heterocycles. The number of nitrogens with one attached hydrogen (secondary N) is 2. The number of hydrogen-bond donors (Lipinski definition) is 2. The summed E-state index contributed by atoms with van der Waals surface area (Å²) in [4.78, 5) is 34.3. The van der Waals surface area contributed by atoms with Gasteiger partial charge in [-0.3, -0.25) is 14.6 Å². The number of carbonyl (C=O) groups is 1. The smallest absolute Gasteiger partial charge is 0.270 e. The summed E-state index contributed by atoms with van der Waals surface area (Å²) in [5.74, 6) is 0.0785. The highest BCUT2D eigenvalue weighted by molar-refractivity contribution is 7.17. The molecule has 1 saturated heterocycles. The van der Waals surface area contributed by atoms with Crippen LogP contribution >= 0.6 is 11.3 Å². The fourth-order valence-electron chi connectivity index (χ4n) is 3.71. The fourth-order valence-corrected chi connectivity index (χ4v) is 4.61. The Morgan fingerprint density at radius 1 is 1.33 bits per heavy atom. The summed E-state index contributed by atoms with van der Waals surface area (Å²) in [5.41, 5.74) is 1.32. The summed E-state index contributed by atoms with van der Waals surface area (Å²) in [7, 11) is 1.60. The monoisotopic (exact) mass is 430 g/mol. The van der Waals surface area contributed by atoms with Crippen molar-refractivity contribution in [2.24, 2.45) is 5.92 Å². The zero-order valence-electron chi connectivity index (χ0n) is 16.6. The van der Waals surface area contributed by atoms with E-state index in [1.165, 1.54) is 17.4 Å². The molecule has 158 valence electrons. The summed E-state index contributed by atoms with van der Waals surface area (Å²) in [6, 6.07) is 6.48. The van der Waals surface area contributed by atoms with Gasteiger partial charge >= 0.3 is 0 Å². The Balaban J connectivity index is 1.55. The number of piperidine rings is 1. The number of carbonyl (C=O) groups excluding carboxylic acids is 1. The van der Waals surface area contributed by atoms with Gasteiger partial charge in [0.1, 0.15) is 10.5 Å². The largest absolute Gasteiger partial charge is 0.383 e. The van der Waals surface area contributed by atoms with E-state index in [1.807, 2.05) is 4.90 Å². The highest BCUT2D eigenvalue weighted by atomic mass is 32.1. The average molecular weight is 431 g/mol. The normalized spacial score (nSPS) is 14.9. The van der Waals surface area contributed by atoms with Crippen LogP contribution in [0.15, 0.2) is 34.4 Å². The van der Waals surface area contributed by atoms with Crippen LogP contribution in [0.3, 0.4) is 0 Å². The summed E-state index contributed by atoms with van der Waals surface area (Å²) in [6.07, 6.45) is 1.34. The van der Waals surface area contributed by atoms with Crippen LogP contribution in [0, 0.1) is 11.7 Å². The van der Waals surface area contributed by atoms with Crippen molar-refractivity contribution >= 4 is 33.4 Å². The molecule has 0 bridgehead atoms. The van der Waals surface area contributed by atoms with Crippen LogP contribution in [0.2, 0.25) is 0 Å². The molecule has 0 atom stereocenters. The van der Waals surface area contributed by atoms with Crippen molar-refractivity contribution in [1.82, 2.24) is 15.3 Å². The molecule has 3 aromatic rings. The van der Waals surface area contributed by atoms with E-state index in [9.17, 15) is 14.0 Å². The van der Waals surface area contributed by atoms with Crippen LogP contribution < -0.4 is 15.8 Å². The van der Waals surface area contributed by atoms with Crippen molar-refractivity contribution in [1.29, 1.82) is 0 Å². The number of aromatic amines is 1. The van der Waals surface area contributed by atoms with E-state index >= 15 is 0 Å². The number of thiophene rings is 1. The minimum Gasteiger partial charge on any atom is -0.383 e. The fraction of sp³-hybridized carbons (Fsp3) is 0.381. The van der Waals surface area contributed by atoms with Gasteiger partial charge in [-0.1, -0.05) is 18.2 Å². The molecule has 0 aliphatic carbocycles. The molecule has 2 aromatic heterocycles. The average Bonchev–Trinajstić information content (AvgIpc) is 3.19. The maximum Gasteiger partial charge on any atom is 0.270 e. The lowest BCUT2D eigenvalue weighted by Gasteiger charge is -2.31. The van der Waals surface area contributed by atoms with E-state index in [0.717, 1.165) is 0 Å². The predicted octanol–water partition coefficient (Wildman–Crippen LogP) is 2.77. The number of aromatic nitrogens is 2. The molecule has 1 aliphatic heterocycles. The van der Waals surface area contributed by atoms with Crippen molar-refractivity contribution in [2.75, 3.05) is 38.3 Å². The molecule has 4 rings (SSSR count). The van der Waals surface area contributed by atoms with Crippen molar-refractivity contribution in [2.45, 2.75) is 12.8 Å². The second-order valence-electron chi connectivity index (χ2n) is 7.24. The Bertz CT molecular complexity index is 1110. The second kappa shape index (κ2) is 8.93. The maximum absolute atomic E-state index is 14.3. The summed E-state index contributed by atoms with van der Waals surface area (Å²) in [6.45, 7) is 2.20. The Morgan fingerprint density at radius 2 is 2.10 bits per heavy atom. The molecule has 1 aliphatic rings. The highest BCUT2D eigenvalue weighted by Gasteiger charge is 2.26. The number of anilines is 1. The quantitative estimate of drug-likeness (QED) is 0.587. The SMILES string of the molecule is COCCNC(=O)C1CCN(c2nc3c(-c4ccccc4F)csc3c(=O)[nH]2)CC1. The molecular weight excluding hydrogens is 407 g/mol. The van der Waals surface area contributed by atoms with Crippen molar-refractivity contribution in [3.8, 4) is 11.1 Å². The Morgan fingerprint density at radius 3 is 2.83 bits per heavy atom. The molecule has 1 amide bonds. The zero-order chi connectivity index (χ0) is 21.1. The van der Waals surface area contributed by atoms with E-state index in [1.54, 1.807) is 30.7 Å². The van der Waals surface area contributed by atoms with Crippen LogP contribution in [-0.4, -0.2) is 49.2 Å². The first-order valence-electron chi connectivity index (χ1n) is 9.86. The third-order valence-electron chi connectivity index (χ3n) is 5.35.